The first-order valence-corrected chi connectivity index (χ1v) is 10.8. The third-order valence-corrected chi connectivity index (χ3v) is 5.72. The van der Waals surface area contributed by atoms with Gasteiger partial charge >= 0.3 is 0 Å². The third kappa shape index (κ3) is 5.37. The molecule has 0 aliphatic carbocycles. The van der Waals surface area contributed by atoms with Crippen molar-refractivity contribution in [3.05, 3.63) is 83.7 Å². The van der Waals surface area contributed by atoms with Gasteiger partial charge in [-0.15, -0.1) is 0 Å². The SMILES string of the molecule is COc1cccc(OCc2cc(C(=O)N3CCN(c4ccc(F)cc4)CC3)ccc2OC)c1. The second-order valence-electron chi connectivity index (χ2n) is 7.75. The first-order valence-electron chi connectivity index (χ1n) is 10.8. The topological polar surface area (TPSA) is 51.2 Å². The molecule has 1 amide bonds. The van der Waals surface area contributed by atoms with Gasteiger partial charge in [0, 0.05) is 49.1 Å². The normalized spacial score (nSPS) is 13.5. The summed E-state index contributed by atoms with van der Waals surface area (Å²) in [5, 5.41) is 0. The molecule has 1 heterocycles. The second-order valence-corrected chi connectivity index (χ2v) is 7.75. The Bertz CT molecular complexity index is 1100. The smallest absolute Gasteiger partial charge is 0.253 e. The molecule has 33 heavy (non-hydrogen) atoms. The predicted molar refractivity (Wildman–Crippen MR) is 125 cm³/mol. The van der Waals surface area contributed by atoms with Crippen molar-refractivity contribution >= 4 is 11.6 Å². The highest BCUT2D eigenvalue weighted by molar-refractivity contribution is 5.94. The van der Waals surface area contributed by atoms with Crippen LogP contribution in [0.5, 0.6) is 17.2 Å². The van der Waals surface area contributed by atoms with Crippen LogP contribution in [0.3, 0.4) is 0 Å². The van der Waals surface area contributed by atoms with Gasteiger partial charge in [0.2, 0.25) is 0 Å². The Kier molecular flexibility index (Phi) is 6.98. The Labute approximate surface area is 193 Å². The van der Waals surface area contributed by atoms with Gasteiger partial charge in [-0.25, -0.2) is 4.39 Å². The zero-order valence-corrected chi connectivity index (χ0v) is 18.8. The largest absolute Gasteiger partial charge is 0.497 e. The van der Waals surface area contributed by atoms with Crippen molar-refractivity contribution in [2.45, 2.75) is 6.61 Å². The minimum Gasteiger partial charge on any atom is -0.497 e. The zero-order chi connectivity index (χ0) is 23.2. The summed E-state index contributed by atoms with van der Waals surface area (Å²) in [7, 11) is 3.21. The Morgan fingerprint density at radius 1 is 0.879 bits per heavy atom. The average molecular weight is 451 g/mol. The lowest BCUT2D eigenvalue weighted by molar-refractivity contribution is 0.0746. The van der Waals surface area contributed by atoms with Crippen LogP contribution in [0.2, 0.25) is 0 Å². The van der Waals surface area contributed by atoms with Crippen LogP contribution >= 0.6 is 0 Å². The molecule has 0 unspecified atom stereocenters. The summed E-state index contributed by atoms with van der Waals surface area (Å²) in [4.78, 5) is 17.2. The molecule has 0 radical (unpaired) electrons. The molecule has 1 saturated heterocycles. The number of rotatable bonds is 7. The van der Waals surface area contributed by atoms with Crippen molar-refractivity contribution in [2.75, 3.05) is 45.3 Å². The number of carbonyl (C=O) groups is 1. The number of anilines is 1. The number of piperazine rings is 1. The lowest BCUT2D eigenvalue weighted by Crippen LogP contribution is -2.48. The first kappa shape index (κ1) is 22.5. The Hall–Kier alpha value is -3.74. The molecule has 7 heteroatoms. The molecule has 6 nitrogen and oxygen atoms in total. The van der Waals surface area contributed by atoms with Gasteiger partial charge in [-0.05, 0) is 54.6 Å². The standard InChI is InChI=1S/C26H27FN2O4/c1-31-23-4-3-5-24(17-23)33-18-20-16-19(6-11-25(20)32-2)26(30)29-14-12-28(13-15-29)22-9-7-21(27)8-10-22/h3-11,16-17H,12-15,18H2,1-2H3. The van der Waals surface area contributed by atoms with Gasteiger partial charge in [-0.1, -0.05) is 6.07 Å². The molecule has 0 saturated carbocycles. The van der Waals surface area contributed by atoms with Crippen LogP contribution in [0, 0.1) is 5.82 Å². The van der Waals surface area contributed by atoms with Crippen LogP contribution in [0.1, 0.15) is 15.9 Å². The van der Waals surface area contributed by atoms with E-state index in [0.717, 1.165) is 11.3 Å². The molecule has 0 aromatic heterocycles. The van der Waals surface area contributed by atoms with E-state index in [9.17, 15) is 9.18 Å². The van der Waals surface area contributed by atoms with Gasteiger partial charge in [0.1, 0.15) is 29.7 Å². The molecule has 0 bridgehead atoms. The van der Waals surface area contributed by atoms with E-state index in [0.29, 0.717) is 49.0 Å². The number of hydrogen-bond acceptors (Lipinski definition) is 5. The number of ether oxygens (including phenoxy) is 3. The van der Waals surface area contributed by atoms with E-state index in [1.165, 1.54) is 12.1 Å². The highest BCUT2D eigenvalue weighted by Crippen LogP contribution is 2.25. The Morgan fingerprint density at radius 3 is 2.30 bits per heavy atom. The van der Waals surface area contributed by atoms with Gasteiger partial charge in [0.15, 0.2) is 0 Å². The number of nitrogens with zero attached hydrogens (tertiary/aromatic N) is 2. The van der Waals surface area contributed by atoms with Crippen molar-refractivity contribution in [3.63, 3.8) is 0 Å². The van der Waals surface area contributed by atoms with Crippen LogP contribution in [0.25, 0.3) is 0 Å². The van der Waals surface area contributed by atoms with E-state index >= 15 is 0 Å². The number of benzene rings is 3. The summed E-state index contributed by atoms with van der Waals surface area (Å²) in [5.74, 6) is 1.76. The monoisotopic (exact) mass is 450 g/mol. The van der Waals surface area contributed by atoms with E-state index in [1.54, 1.807) is 38.5 Å². The Morgan fingerprint density at radius 2 is 1.61 bits per heavy atom. The van der Waals surface area contributed by atoms with Crippen molar-refractivity contribution < 1.29 is 23.4 Å². The minimum atomic E-state index is -0.252. The maximum atomic E-state index is 13.2. The number of methoxy groups -OCH3 is 2. The van der Waals surface area contributed by atoms with Crippen LogP contribution in [0.15, 0.2) is 66.7 Å². The van der Waals surface area contributed by atoms with Crippen molar-refractivity contribution in [1.29, 1.82) is 0 Å². The molecule has 3 aromatic carbocycles. The molecular weight excluding hydrogens is 423 g/mol. The first-order chi connectivity index (χ1) is 16.1. The van der Waals surface area contributed by atoms with Crippen LogP contribution in [-0.2, 0) is 6.61 Å². The average Bonchev–Trinajstić information content (AvgIpc) is 2.87. The maximum Gasteiger partial charge on any atom is 0.253 e. The number of halogens is 1. The van der Waals surface area contributed by atoms with E-state index < -0.39 is 0 Å². The summed E-state index contributed by atoms with van der Waals surface area (Å²) in [6.07, 6.45) is 0. The number of carbonyl (C=O) groups excluding carboxylic acids is 1. The quantitative estimate of drug-likeness (QED) is 0.535. The molecule has 1 aliphatic heterocycles. The molecule has 0 spiro atoms. The number of amides is 1. The van der Waals surface area contributed by atoms with Gasteiger partial charge in [-0.2, -0.15) is 0 Å². The maximum absolute atomic E-state index is 13.2. The van der Waals surface area contributed by atoms with E-state index in [-0.39, 0.29) is 18.3 Å². The predicted octanol–water partition coefficient (Wildman–Crippen LogP) is 4.38. The highest BCUT2D eigenvalue weighted by Gasteiger charge is 2.23. The van der Waals surface area contributed by atoms with Gasteiger partial charge in [-0.3, -0.25) is 4.79 Å². The third-order valence-electron chi connectivity index (χ3n) is 5.72. The summed E-state index contributed by atoms with van der Waals surface area (Å²) in [6.45, 7) is 2.84. The fourth-order valence-corrected chi connectivity index (χ4v) is 3.88. The van der Waals surface area contributed by atoms with Crippen molar-refractivity contribution in [3.8, 4) is 17.2 Å². The van der Waals surface area contributed by atoms with E-state index in [4.69, 9.17) is 14.2 Å². The molecule has 1 aliphatic rings. The molecule has 172 valence electrons. The number of hydrogen-bond donors (Lipinski definition) is 0. The van der Waals surface area contributed by atoms with Crippen molar-refractivity contribution in [1.82, 2.24) is 4.90 Å². The summed E-state index contributed by atoms with van der Waals surface area (Å²) in [6, 6.07) is 19.2. The lowest BCUT2D eigenvalue weighted by atomic mass is 10.1. The zero-order valence-electron chi connectivity index (χ0n) is 18.8. The minimum absolute atomic E-state index is 0.0287. The molecule has 1 fully saturated rings. The van der Waals surface area contributed by atoms with Crippen LogP contribution in [-0.4, -0.2) is 51.2 Å². The lowest BCUT2D eigenvalue weighted by Gasteiger charge is -2.36. The van der Waals surface area contributed by atoms with E-state index in [2.05, 4.69) is 4.90 Å². The molecule has 4 rings (SSSR count). The molecular formula is C26H27FN2O4. The van der Waals surface area contributed by atoms with Gasteiger partial charge in [0.25, 0.3) is 5.91 Å². The van der Waals surface area contributed by atoms with E-state index in [1.807, 2.05) is 35.2 Å². The van der Waals surface area contributed by atoms with Gasteiger partial charge < -0.3 is 24.0 Å². The summed E-state index contributed by atoms with van der Waals surface area (Å²) in [5.41, 5.74) is 2.34. The fraction of sp³-hybridized carbons (Fsp3) is 0.269. The van der Waals surface area contributed by atoms with Crippen LogP contribution < -0.4 is 19.1 Å². The van der Waals surface area contributed by atoms with Crippen molar-refractivity contribution in [2.24, 2.45) is 0 Å². The highest BCUT2D eigenvalue weighted by atomic mass is 19.1. The Balaban J connectivity index is 1.42. The molecule has 3 aromatic rings. The second kappa shape index (κ2) is 10.3. The molecule has 0 atom stereocenters. The fourth-order valence-electron chi connectivity index (χ4n) is 3.88. The van der Waals surface area contributed by atoms with Crippen LogP contribution in [0.4, 0.5) is 10.1 Å². The van der Waals surface area contributed by atoms with Gasteiger partial charge in [0.05, 0.1) is 14.2 Å². The summed E-state index contributed by atoms with van der Waals surface area (Å²) >= 11 is 0. The molecule has 0 N–H and O–H groups in total. The summed E-state index contributed by atoms with van der Waals surface area (Å²) < 4.78 is 29.8.